The number of rotatable bonds is 5. The van der Waals surface area contributed by atoms with Crippen molar-refractivity contribution in [2.75, 3.05) is 26.8 Å². The molecule has 0 aliphatic carbocycles. The van der Waals surface area contributed by atoms with Crippen LogP contribution >= 0.6 is 12.4 Å². The molecule has 16 heavy (non-hydrogen) atoms. The second-order valence-corrected chi connectivity index (χ2v) is 4.11. The van der Waals surface area contributed by atoms with E-state index >= 15 is 0 Å². The van der Waals surface area contributed by atoms with E-state index in [2.05, 4.69) is 17.6 Å². The molecular weight excluding hydrogens is 228 g/mol. The largest absolute Gasteiger partial charge is 0.383 e. The average Bonchev–Trinajstić information content (AvgIpc) is 2.29. The molecule has 4 nitrogen and oxygen atoms in total. The lowest BCUT2D eigenvalue weighted by molar-refractivity contribution is -0.126. The Morgan fingerprint density at radius 2 is 2.38 bits per heavy atom. The minimum Gasteiger partial charge on any atom is -0.383 e. The van der Waals surface area contributed by atoms with Gasteiger partial charge in [-0.25, -0.2) is 0 Å². The van der Waals surface area contributed by atoms with Gasteiger partial charge in [0.25, 0.3) is 0 Å². The number of nitrogens with one attached hydrogen (secondary N) is 2. The van der Waals surface area contributed by atoms with Gasteiger partial charge in [-0.3, -0.25) is 4.79 Å². The van der Waals surface area contributed by atoms with Gasteiger partial charge in [-0.05, 0) is 25.8 Å². The van der Waals surface area contributed by atoms with Crippen molar-refractivity contribution >= 4 is 18.3 Å². The highest BCUT2D eigenvalue weighted by atomic mass is 35.5. The summed E-state index contributed by atoms with van der Waals surface area (Å²) in [4.78, 5) is 11.8. The van der Waals surface area contributed by atoms with Crippen LogP contribution in [0.25, 0.3) is 0 Å². The van der Waals surface area contributed by atoms with Gasteiger partial charge >= 0.3 is 0 Å². The summed E-state index contributed by atoms with van der Waals surface area (Å²) >= 11 is 0. The number of hydrogen-bond donors (Lipinski definition) is 2. The van der Waals surface area contributed by atoms with E-state index in [-0.39, 0.29) is 30.3 Å². The van der Waals surface area contributed by atoms with E-state index in [1.165, 1.54) is 0 Å². The Labute approximate surface area is 104 Å². The minimum absolute atomic E-state index is 0. The average molecular weight is 251 g/mol. The molecule has 1 heterocycles. The second kappa shape index (κ2) is 8.79. The zero-order chi connectivity index (χ0) is 11.1. The molecule has 0 aromatic rings. The number of carbonyl (C=O) groups excluding carboxylic acids is 1. The summed E-state index contributed by atoms with van der Waals surface area (Å²) in [6.07, 6.45) is 3.02. The van der Waals surface area contributed by atoms with Crippen LogP contribution < -0.4 is 10.6 Å². The molecule has 5 heteroatoms. The Kier molecular flexibility index (Phi) is 8.61. The summed E-state index contributed by atoms with van der Waals surface area (Å²) in [6, 6.07) is 0.157. The molecule has 1 aliphatic heterocycles. The maximum atomic E-state index is 11.8. The summed E-state index contributed by atoms with van der Waals surface area (Å²) in [5.41, 5.74) is 0. The molecule has 1 aliphatic rings. The first-order valence-electron chi connectivity index (χ1n) is 5.78. The number of piperidine rings is 1. The quantitative estimate of drug-likeness (QED) is 0.764. The normalized spacial score (nSPS) is 22.0. The molecule has 2 N–H and O–H groups in total. The standard InChI is InChI=1S/C11H22N2O2.ClH/c1-3-10(8-15-2)13-11(14)9-5-4-6-12-7-9;/h9-10,12H,3-8H2,1-2H3,(H,13,14);1H. The van der Waals surface area contributed by atoms with E-state index in [1.54, 1.807) is 7.11 Å². The Morgan fingerprint density at radius 1 is 1.62 bits per heavy atom. The van der Waals surface area contributed by atoms with E-state index in [0.29, 0.717) is 6.61 Å². The van der Waals surface area contributed by atoms with Gasteiger partial charge in [-0.1, -0.05) is 6.92 Å². The van der Waals surface area contributed by atoms with Crippen LogP contribution in [0.1, 0.15) is 26.2 Å². The molecular formula is C11H23ClN2O2. The number of carbonyl (C=O) groups is 1. The maximum Gasteiger partial charge on any atom is 0.224 e. The van der Waals surface area contributed by atoms with Crippen LogP contribution in [0.15, 0.2) is 0 Å². The number of ether oxygens (including phenoxy) is 1. The number of halogens is 1. The van der Waals surface area contributed by atoms with Crippen molar-refractivity contribution in [1.29, 1.82) is 0 Å². The van der Waals surface area contributed by atoms with Gasteiger partial charge in [0.05, 0.1) is 18.6 Å². The van der Waals surface area contributed by atoms with Crippen molar-refractivity contribution in [3.05, 3.63) is 0 Å². The number of hydrogen-bond acceptors (Lipinski definition) is 3. The Morgan fingerprint density at radius 3 is 2.88 bits per heavy atom. The first-order chi connectivity index (χ1) is 7.27. The molecule has 1 amide bonds. The Bertz CT molecular complexity index is 196. The van der Waals surface area contributed by atoms with Gasteiger partial charge in [0, 0.05) is 13.7 Å². The summed E-state index contributed by atoms with van der Waals surface area (Å²) in [7, 11) is 1.66. The van der Waals surface area contributed by atoms with E-state index in [4.69, 9.17) is 4.74 Å². The molecule has 2 unspecified atom stereocenters. The summed E-state index contributed by atoms with van der Waals surface area (Å²) in [5.74, 6) is 0.316. The molecule has 0 radical (unpaired) electrons. The first-order valence-corrected chi connectivity index (χ1v) is 5.78. The molecule has 0 bridgehead atoms. The fraction of sp³-hybridized carbons (Fsp3) is 0.909. The first kappa shape index (κ1) is 15.7. The van der Waals surface area contributed by atoms with E-state index < -0.39 is 0 Å². The third-order valence-corrected chi connectivity index (χ3v) is 2.87. The predicted octanol–water partition coefficient (Wildman–Crippen LogP) is 0.949. The Balaban J connectivity index is 0.00000225. The molecule has 2 atom stereocenters. The highest BCUT2D eigenvalue weighted by molar-refractivity contribution is 5.85. The van der Waals surface area contributed by atoms with E-state index in [9.17, 15) is 4.79 Å². The SMILES string of the molecule is CCC(COC)NC(=O)C1CCCNC1.Cl. The van der Waals surface area contributed by atoms with Gasteiger partial charge < -0.3 is 15.4 Å². The molecule has 0 saturated carbocycles. The second-order valence-electron chi connectivity index (χ2n) is 4.11. The van der Waals surface area contributed by atoms with Crippen molar-refractivity contribution in [3.8, 4) is 0 Å². The molecule has 0 aromatic heterocycles. The smallest absolute Gasteiger partial charge is 0.224 e. The van der Waals surface area contributed by atoms with Crippen LogP contribution in [0.5, 0.6) is 0 Å². The van der Waals surface area contributed by atoms with E-state index in [1.807, 2.05) is 0 Å². The highest BCUT2D eigenvalue weighted by Gasteiger charge is 2.22. The molecule has 96 valence electrons. The molecule has 1 fully saturated rings. The van der Waals surface area contributed by atoms with Crippen LogP contribution in [0, 0.1) is 5.92 Å². The van der Waals surface area contributed by atoms with Gasteiger partial charge in [-0.2, -0.15) is 0 Å². The van der Waals surface area contributed by atoms with Crippen molar-refractivity contribution in [1.82, 2.24) is 10.6 Å². The van der Waals surface area contributed by atoms with Gasteiger partial charge in [-0.15, -0.1) is 12.4 Å². The van der Waals surface area contributed by atoms with Gasteiger partial charge in [0.1, 0.15) is 0 Å². The van der Waals surface area contributed by atoms with Gasteiger partial charge in [0.15, 0.2) is 0 Å². The number of methoxy groups -OCH3 is 1. The number of amides is 1. The van der Waals surface area contributed by atoms with Crippen LogP contribution in [-0.4, -0.2) is 38.8 Å². The zero-order valence-electron chi connectivity index (χ0n) is 10.1. The van der Waals surface area contributed by atoms with Crippen LogP contribution in [0.4, 0.5) is 0 Å². The third kappa shape index (κ3) is 5.14. The van der Waals surface area contributed by atoms with Crippen LogP contribution in [0.3, 0.4) is 0 Å². The fourth-order valence-electron chi connectivity index (χ4n) is 1.86. The van der Waals surface area contributed by atoms with Crippen molar-refractivity contribution < 1.29 is 9.53 Å². The summed E-state index contributed by atoms with van der Waals surface area (Å²) in [6.45, 7) is 4.51. The van der Waals surface area contributed by atoms with Crippen LogP contribution in [0.2, 0.25) is 0 Å². The Hall–Kier alpha value is -0.320. The molecule has 0 aromatic carbocycles. The van der Waals surface area contributed by atoms with Crippen molar-refractivity contribution in [2.45, 2.75) is 32.2 Å². The zero-order valence-corrected chi connectivity index (χ0v) is 10.9. The lowest BCUT2D eigenvalue weighted by Crippen LogP contribution is -2.45. The van der Waals surface area contributed by atoms with Crippen LogP contribution in [-0.2, 0) is 9.53 Å². The predicted molar refractivity (Wildman–Crippen MR) is 66.9 cm³/mol. The fourth-order valence-corrected chi connectivity index (χ4v) is 1.86. The van der Waals surface area contributed by atoms with E-state index in [0.717, 1.165) is 32.4 Å². The minimum atomic E-state index is 0. The topological polar surface area (TPSA) is 50.4 Å². The lowest BCUT2D eigenvalue weighted by Gasteiger charge is -2.24. The summed E-state index contributed by atoms with van der Waals surface area (Å²) in [5, 5.41) is 6.28. The monoisotopic (exact) mass is 250 g/mol. The third-order valence-electron chi connectivity index (χ3n) is 2.87. The van der Waals surface area contributed by atoms with Crippen molar-refractivity contribution in [2.24, 2.45) is 5.92 Å². The summed E-state index contributed by atoms with van der Waals surface area (Å²) < 4.78 is 5.05. The van der Waals surface area contributed by atoms with Gasteiger partial charge in [0.2, 0.25) is 5.91 Å². The molecule has 0 spiro atoms. The molecule has 1 rings (SSSR count). The van der Waals surface area contributed by atoms with Crippen molar-refractivity contribution in [3.63, 3.8) is 0 Å². The maximum absolute atomic E-state index is 11.8. The lowest BCUT2D eigenvalue weighted by atomic mass is 9.98. The highest BCUT2D eigenvalue weighted by Crippen LogP contribution is 2.10. The molecule has 1 saturated heterocycles.